The van der Waals surface area contributed by atoms with Gasteiger partial charge in [-0.15, -0.1) is 11.3 Å². The highest BCUT2D eigenvalue weighted by Gasteiger charge is 2.28. The number of aryl methyl sites for hydroxylation is 1. The summed E-state index contributed by atoms with van der Waals surface area (Å²) in [6.07, 6.45) is 2.09. The number of imide groups is 1. The first-order valence-corrected chi connectivity index (χ1v) is 6.52. The minimum Gasteiger partial charge on any atom is -0.477 e. The predicted molar refractivity (Wildman–Crippen MR) is 67.0 cm³/mol. The second-order valence-corrected chi connectivity index (χ2v) is 5.26. The highest BCUT2D eigenvalue weighted by atomic mass is 32.1. The number of carboxylic acids is 1. The zero-order valence-electron chi connectivity index (χ0n) is 9.93. The lowest BCUT2D eigenvalue weighted by atomic mass is 10.2. The van der Waals surface area contributed by atoms with E-state index in [2.05, 4.69) is 0 Å². The summed E-state index contributed by atoms with van der Waals surface area (Å²) in [5.41, 5.74) is 0.576. The number of hydrogen-bond donors (Lipinski definition) is 1. The Hall–Kier alpha value is -1.69. The van der Waals surface area contributed by atoms with Crippen molar-refractivity contribution in [2.24, 2.45) is 0 Å². The molecule has 0 atom stereocenters. The minimum absolute atomic E-state index is 0.176. The van der Waals surface area contributed by atoms with Gasteiger partial charge in [-0.25, -0.2) is 9.69 Å². The summed E-state index contributed by atoms with van der Waals surface area (Å²) < 4.78 is 0. The molecule has 1 saturated heterocycles. The van der Waals surface area contributed by atoms with Crippen LogP contribution in [0.5, 0.6) is 0 Å². The van der Waals surface area contributed by atoms with Crippen LogP contribution < -0.4 is 4.90 Å². The van der Waals surface area contributed by atoms with E-state index in [-0.39, 0.29) is 16.7 Å². The normalized spacial score (nSPS) is 16.8. The van der Waals surface area contributed by atoms with Crippen molar-refractivity contribution in [2.75, 3.05) is 4.90 Å². The van der Waals surface area contributed by atoms with E-state index in [1.807, 2.05) is 0 Å². The second-order valence-electron chi connectivity index (χ2n) is 4.23. The Balaban J connectivity index is 2.39. The topological polar surface area (TPSA) is 74.7 Å². The van der Waals surface area contributed by atoms with Crippen LogP contribution in [0, 0.1) is 6.92 Å². The first kappa shape index (κ1) is 12.8. The van der Waals surface area contributed by atoms with E-state index < -0.39 is 5.97 Å². The highest BCUT2D eigenvalue weighted by molar-refractivity contribution is 7.18. The molecule has 1 N–H and O–H groups in total. The van der Waals surface area contributed by atoms with Crippen LogP contribution in [0.3, 0.4) is 0 Å². The molecule has 6 heteroatoms. The number of thiophene rings is 1. The molecular weight excluding hydrogens is 254 g/mol. The Labute approximate surface area is 108 Å². The fraction of sp³-hybridized carbons (Fsp3) is 0.417. The van der Waals surface area contributed by atoms with Crippen LogP contribution in [-0.2, 0) is 9.59 Å². The largest absolute Gasteiger partial charge is 0.477 e. The SMILES string of the molecule is Cc1cc(N2C(=O)CCCCC2=O)sc1C(=O)O. The quantitative estimate of drug-likeness (QED) is 0.833. The van der Waals surface area contributed by atoms with Gasteiger partial charge in [0, 0.05) is 12.8 Å². The second kappa shape index (κ2) is 4.89. The summed E-state index contributed by atoms with van der Waals surface area (Å²) in [5.74, 6) is -1.51. The fourth-order valence-electron chi connectivity index (χ4n) is 1.95. The van der Waals surface area contributed by atoms with Crippen molar-refractivity contribution in [3.05, 3.63) is 16.5 Å². The van der Waals surface area contributed by atoms with E-state index in [0.717, 1.165) is 16.2 Å². The van der Waals surface area contributed by atoms with Gasteiger partial charge in [0.1, 0.15) is 9.88 Å². The lowest BCUT2D eigenvalue weighted by Gasteiger charge is -2.15. The Morgan fingerprint density at radius 3 is 2.28 bits per heavy atom. The number of rotatable bonds is 2. The number of aromatic carboxylic acids is 1. The molecule has 0 unspecified atom stereocenters. The number of anilines is 1. The van der Waals surface area contributed by atoms with Gasteiger partial charge in [0.15, 0.2) is 0 Å². The van der Waals surface area contributed by atoms with Gasteiger partial charge in [0.25, 0.3) is 0 Å². The minimum atomic E-state index is -1.03. The van der Waals surface area contributed by atoms with E-state index in [4.69, 9.17) is 5.11 Å². The maximum atomic E-state index is 11.9. The van der Waals surface area contributed by atoms with Crippen molar-refractivity contribution < 1.29 is 19.5 Å². The molecule has 1 aromatic rings. The van der Waals surface area contributed by atoms with Gasteiger partial charge in [0.2, 0.25) is 11.8 Å². The molecule has 0 aromatic carbocycles. The maximum Gasteiger partial charge on any atom is 0.346 e. The average Bonchev–Trinajstić information content (AvgIpc) is 2.58. The van der Waals surface area contributed by atoms with Crippen LogP contribution >= 0.6 is 11.3 Å². The molecule has 0 spiro atoms. The number of carbonyl (C=O) groups excluding carboxylic acids is 2. The fourth-order valence-corrected chi connectivity index (χ4v) is 3.00. The third kappa shape index (κ3) is 2.28. The van der Waals surface area contributed by atoms with Gasteiger partial charge in [0.05, 0.1) is 0 Å². The Kier molecular flexibility index (Phi) is 3.47. The van der Waals surface area contributed by atoms with Crippen molar-refractivity contribution >= 4 is 34.1 Å². The lowest BCUT2D eigenvalue weighted by Crippen LogP contribution is -2.34. The third-order valence-electron chi connectivity index (χ3n) is 2.85. The average molecular weight is 267 g/mol. The molecule has 1 aliphatic rings. The Morgan fingerprint density at radius 1 is 1.28 bits per heavy atom. The number of carbonyl (C=O) groups is 3. The molecule has 18 heavy (non-hydrogen) atoms. The maximum absolute atomic E-state index is 11.9. The summed E-state index contributed by atoms with van der Waals surface area (Å²) in [5, 5.41) is 9.41. The molecule has 5 nitrogen and oxygen atoms in total. The highest BCUT2D eigenvalue weighted by Crippen LogP contribution is 2.32. The summed E-state index contributed by atoms with van der Waals surface area (Å²) in [6, 6.07) is 1.59. The van der Waals surface area contributed by atoms with Crippen molar-refractivity contribution in [1.82, 2.24) is 0 Å². The predicted octanol–water partition coefficient (Wildman–Crippen LogP) is 2.19. The first-order chi connectivity index (χ1) is 8.50. The first-order valence-electron chi connectivity index (χ1n) is 5.70. The summed E-state index contributed by atoms with van der Waals surface area (Å²) in [7, 11) is 0. The van der Waals surface area contributed by atoms with E-state index >= 15 is 0 Å². The zero-order valence-corrected chi connectivity index (χ0v) is 10.7. The van der Waals surface area contributed by atoms with Crippen molar-refractivity contribution in [3.63, 3.8) is 0 Å². The van der Waals surface area contributed by atoms with Gasteiger partial charge in [-0.2, -0.15) is 0 Å². The third-order valence-corrected chi connectivity index (χ3v) is 4.06. The monoisotopic (exact) mass is 267 g/mol. The Bertz CT molecular complexity index is 502. The van der Waals surface area contributed by atoms with Crippen molar-refractivity contribution in [2.45, 2.75) is 32.6 Å². The van der Waals surface area contributed by atoms with Gasteiger partial charge in [-0.1, -0.05) is 0 Å². The summed E-state index contributed by atoms with van der Waals surface area (Å²) >= 11 is 0.976. The lowest BCUT2D eigenvalue weighted by molar-refractivity contribution is -0.125. The van der Waals surface area contributed by atoms with Crippen LogP contribution in [0.25, 0.3) is 0 Å². The molecule has 1 aliphatic heterocycles. The molecule has 0 aliphatic carbocycles. The molecule has 0 bridgehead atoms. The smallest absolute Gasteiger partial charge is 0.346 e. The zero-order chi connectivity index (χ0) is 13.3. The van der Waals surface area contributed by atoms with Crippen LogP contribution in [0.15, 0.2) is 6.07 Å². The molecular formula is C12H13NO4S. The molecule has 0 radical (unpaired) electrons. The standard InChI is InChI=1S/C12H13NO4S/c1-7-6-10(18-11(7)12(16)17)13-8(14)4-2-3-5-9(13)15/h6H,2-5H2,1H3,(H,16,17). The molecule has 96 valence electrons. The van der Waals surface area contributed by atoms with Crippen LogP contribution in [-0.4, -0.2) is 22.9 Å². The van der Waals surface area contributed by atoms with E-state index in [0.29, 0.717) is 36.2 Å². The van der Waals surface area contributed by atoms with Crippen molar-refractivity contribution in [3.8, 4) is 0 Å². The summed E-state index contributed by atoms with van der Waals surface area (Å²) in [4.78, 5) is 36.0. The van der Waals surface area contributed by atoms with E-state index in [9.17, 15) is 14.4 Å². The van der Waals surface area contributed by atoms with Gasteiger partial charge < -0.3 is 5.11 Å². The van der Waals surface area contributed by atoms with Crippen LogP contribution in [0.1, 0.15) is 40.9 Å². The van der Waals surface area contributed by atoms with Crippen molar-refractivity contribution in [1.29, 1.82) is 0 Å². The number of carboxylic acid groups (broad SMARTS) is 1. The molecule has 2 amide bonds. The summed E-state index contributed by atoms with van der Waals surface area (Å²) in [6.45, 7) is 1.66. The molecule has 2 rings (SSSR count). The van der Waals surface area contributed by atoms with E-state index in [1.54, 1.807) is 13.0 Å². The van der Waals surface area contributed by atoms with Crippen LogP contribution in [0.2, 0.25) is 0 Å². The van der Waals surface area contributed by atoms with E-state index in [1.165, 1.54) is 0 Å². The number of hydrogen-bond acceptors (Lipinski definition) is 4. The number of amides is 2. The van der Waals surface area contributed by atoms with Gasteiger partial charge in [-0.3, -0.25) is 9.59 Å². The molecule has 0 saturated carbocycles. The molecule has 1 fully saturated rings. The van der Waals surface area contributed by atoms with Crippen LogP contribution in [0.4, 0.5) is 5.00 Å². The molecule has 2 heterocycles. The number of nitrogens with zero attached hydrogens (tertiary/aromatic N) is 1. The molecule has 1 aromatic heterocycles. The Morgan fingerprint density at radius 2 is 1.83 bits per heavy atom. The van der Waals surface area contributed by atoms with Gasteiger partial charge >= 0.3 is 5.97 Å². The van der Waals surface area contributed by atoms with Gasteiger partial charge in [-0.05, 0) is 31.4 Å².